The molecule has 2 atom stereocenters. The van der Waals surface area contributed by atoms with E-state index in [4.69, 9.17) is 34.8 Å². The number of alkyl halides is 2. The highest BCUT2D eigenvalue weighted by Crippen LogP contribution is 2.65. The molecule has 1 fully saturated rings. The van der Waals surface area contributed by atoms with E-state index in [0.29, 0.717) is 18.4 Å². The van der Waals surface area contributed by atoms with Crippen molar-refractivity contribution in [3.63, 3.8) is 0 Å². The first-order chi connectivity index (χ1) is 14.1. The number of halogens is 6. The van der Waals surface area contributed by atoms with Gasteiger partial charge in [0.1, 0.15) is 16.0 Å². The number of carbonyl (C=O) groups is 2. The van der Waals surface area contributed by atoms with E-state index in [2.05, 4.69) is 5.32 Å². The summed E-state index contributed by atoms with van der Waals surface area (Å²) in [6, 6.07) is 5.79. The second-order valence-corrected chi connectivity index (χ2v) is 8.95. The summed E-state index contributed by atoms with van der Waals surface area (Å²) in [6.45, 7) is 1.85. The van der Waals surface area contributed by atoms with Crippen LogP contribution in [-0.2, 0) is 4.79 Å². The quantitative estimate of drug-likeness (QED) is 0.357. The molecule has 2 aromatic carbocycles. The van der Waals surface area contributed by atoms with Crippen molar-refractivity contribution < 1.29 is 22.8 Å². The van der Waals surface area contributed by atoms with Gasteiger partial charge in [-0.25, -0.2) is 13.2 Å². The molecule has 1 aliphatic carbocycles. The molecule has 0 bridgehead atoms. The van der Waals surface area contributed by atoms with Gasteiger partial charge in [-0.1, -0.05) is 31.0 Å². The van der Waals surface area contributed by atoms with Crippen LogP contribution >= 0.6 is 34.8 Å². The van der Waals surface area contributed by atoms with Crippen LogP contribution in [0.15, 0.2) is 30.3 Å². The lowest BCUT2D eigenvalue weighted by atomic mass is 10.0. The summed E-state index contributed by atoms with van der Waals surface area (Å²) < 4.78 is 40.7. The van der Waals surface area contributed by atoms with E-state index in [-0.39, 0.29) is 17.1 Å². The number of carbonyl (C=O) groups excluding carboxylic acids is 2. The molecule has 3 rings (SSSR count). The number of hydrogen-bond donors (Lipinski definition) is 1. The molecule has 3 nitrogen and oxygen atoms in total. The lowest BCUT2D eigenvalue weighted by molar-refractivity contribution is -0.117. The summed E-state index contributed by atoms with van der Waals surface area (Å²) in [4.78, 5) is 24.8. The Labute approximate surface area is 186 Å². The SMILES string of the molecule is CCCCC(=O)c1c(F)ccc(NC(=O)C2C(c3ccc(F)c(Cl)c3)C2(Cl)Cl)c1F. The van der Waals surface area contributed by atoms with Crippen LogP contribution in [0.2, 0.25) is 5.02 Å². The van der Waals surface area contributed by atoms with E-state index in [1.54, 1.807) is 0 Å². The second kappa shape index (κ2) is 8.77. The van der Waals surface area contributed by atoms with Gasteiger partial charge in [-0.2, -0.15) is 0 Å². The van der Waals surface area contributed by atoms with Crippen molar-refractivity contribution in [2.75, 3.05) is 5.32 Å². The molecule has 0 heterocycles. The Morgan fingerprint density at radius 2 is 1.77 bits per heavy atom. The predicted octanol–water partition coefficient (Wildman–Crippen LogP) is 6.66. The van der Waals surface area contributed by atoms with Crippen LogP contribution in [0.3, 0.4) is 0 Å². The number of hydrogen-bond acceptors (Lipinski definition) is 2. The Balaban J connectivity index is 1.82. The number of anilines is 1. The van der Waals surface area contributed by atoms with Crippen molar-refractivity contribution in [3.05, 3.63) is 63.9 Å². The smallest absolute Gasteiger partial charge is 0.231 e. The maximum absolute atomic E-state index is 14.8. The minimum Gasteiger partial charge on any atom is -0.323 e. The summed E-state index contributed by atoms with van der Waals surface area (Å²) >= 11 is 18.2. The predicted molar refractivity (Wildman–Crippen MR) is 111 cm³/mol. The largest absolute Gasteiger partial charge is 0.323 e. The summed E-state index contributed by atoms with van der Waals surface area (Å²) in [5, 5.41) is 2.17. The molecule has 9 heteroatoms. The zero-order chi connectivity index (χ0) is 22.2. The number of nitrogens with one attached hydrogen (secondary N) is 1. The lowest BCUT2D eigenvalue weighted by Gasteiger charge is -2.10. The van der Waals surface area contributed by atoms with Crippen molar-refractivity contribution in [2.45, 2.75) is 36.4 Å². The fourth-order valence-electron chi connectivity index (χ4n) is 3.35. The van der Waals surface area contributed by atoms with Crippen molar-refractivity contribution in [1.29, 1.82) is 0 Å². The topological polar surface area (TPSA) is 46.2 Å². The average Bonchev–Trinajstić information content (AvgIpc) is 3.26. The molecular formula is C21H17Cl3F3NO2. The molecule has 0 aromatic heterocycles. The first-order valence-corrected chi connectivity index (χ1v) is 10.4. The van der Waals surface area contributed by atoms with Crippen LogP contribution in [0.25, 0.3) is 0 Å². The first-order valence-electron chi connectivity index (χ1n) is 9.24. The number of rotatable bonds is 7. The number of unbranched alkanes of at least 4 members (excludes halogenated alkanes) is 1. The van der Waals surface area contributed by atoms with Gasteiger partial charge in [-0.05, 0) is 36.2 Å². The summed E-state index contributed by atoms with van der Waals surface area (Å²) in [5.74, 6) is -5.87. The number of ketones is 1. The molecule has 0 spiro atoms. The van der Waals surface area contributed by atoms with Gasteiger partial charge in [-0.15, -0.1) is 23.2 Å². The zero-order valence-corrected chi connectivity index (χ0v) is 18.0. The molecule has 0 aliphatic heterocycles. The Hall–Kier alpha value is -1.76. The lowest BCUT2D eigenvalue weighted by Crippen LogP contribution is -2.19. The molecule has 2 aromatic rings. The van der Waals surface area contributed by atoms with Gasteiger partial charge in [0.2, 0.25) is 5.91 Å². The van der Waals surface area contributed by atoms with Crippen molar-refractivity contribution in [2.24, 2.45) is 5.92 Å². The molecule has 1 saturated carbocycles. The average molecular weight is 479 g/mol. The third-order valence-corrected chi connectivity index (χ3v) is 6.25. The summed E-state index contributed by atoms with van der Waals surface area (Å²) in [5.41, 5.74) is -0.600. The van der Waals surface area contributed by atoms with Crippen molar-refractivity contribution >= 4 is 52.2 Å². The molecule has 1 aliphatic rings. The Kier molecular flexibility index (Phi) is 6.70. The number of benzene rings is 2. The van der Waals surface area contributed by atoms with Crippen LogP contribution in [0, 0.1) is 23.4 Å². The van der Waals surface area contributed by atoms with Crippen LogP contribution in [0.1, 0.15) is 48.0 Å². The number of amides is 1. The van der Waals surface area contributed by atoms with Gasteiger partial charge in [0.25, 0.3) is 0 Å². The molecule has 0 radical (unpaired) electrons. The van der Waals surface area contributed by atoms with Gasteiger partial charge in [0, 0.05) is 12.3 Å². The van der Waals surface area contributed by atoms with Gasteiger partial charge in [0.15, 0.2) is 11.6 Å². The molecule has 30 heavy (non-hydrogen) atoms. The minimum atomic E-state index is -1.51. The Bertz CT molecular complexity index is 1010. The van der Waals surface area contributed by atoms with Crippen LogP contribution in [0.5, 0.6) is 0 Å². The molecule has 1 amide bonds. The second-order valence-electron chi connectivity index (χ2n) is 7.10. The number of Topliss-reactive ketones (excluding diaryl/α,β-unsaturated/α-hetero) is 1. The van der Waals surface area contributed by atoms with Gasteiger partial charge < -0.3 is 5.32 Å². The fourth-order valence-corrected chi connectivity index (χ4v) is 4.37. The van der Waals surface area contributed by atoms with E-state index in [1.165, 1.54) is 12.1 Å². The highest BCUT2D eigenvalue weighted by molar-refractivity contribution is 6.53. The summed E-state index contributed by atoms with van der Waals surface area (Å²) in [6.07, 6.45) is 1.17. The van der Waals surface area contributed by atoms with E-state index in [9.17, 15) is 22.8 Å². The first kappa shape index (κ1) is 22.9. The van der Waals surface area contributed by atoms with Gasteiger partial charge in [-0.3, -0.25) is 9.59 Å². The molecule has 0 saturated heterocycles. The Morgan fingerprint density at radius 1 is 1.10 bits per heavy atom. The zero-order valence-electron chi connectivity index (χ0n) is 15.7. The molecule has 160 valence electrons. The molecule has 1 N–H and O–H groups in total. The standard InChI is InChI=1S/C21H17Cl3F3NO2/c1-2-3-4-15(29)16-13(26)7-8-14(19(16)27)28-20(30)18-17(21(18,23)24)10-5-6-12(25)11(22)9-10/h5-9,17-18H,2-4H2,1H3,(H,28,30). The van der Waals surface area contributed by atoms with Crippen LogP contribution in [-0.4, -0.2) is 16.0 Å². The normalized spacial score (nSPS) is 19.4. The third-order valence-electron chi connectivity index (χ3n) is 5.02. The minimum absolute atomic E-state index is 0.00969. The van der Waals surface area contributed by atoms with E-state index in [1.807, 2.05) is 6.92 Å². The highest BCUT2D eigenvalue weighted by atomic mass is 35.5. The van der Waals surface area contributed by atoms with Gasteiger partial charge >= 0.3 is 0 Å². The highest BCUT2D eigenvalue weighted by Gasteiger charge is 2.67. The maximum atomic E-state index is 14.8. The van der Waals surface area contributed by atoms with Crippen LogP contribution < -0.4 is 5.32 Å². The van der Waals surface area contributed by atoms with Crippen molar-refractivity contribution in [3.8, 4) is 0 Å². The van der Waals surface area contributed by atoms with E-state index in [0.717, 1.165) is 18.2 Å². The monoisotopic (exact) mass is 477 g/mol. The van der Waals surface area contributed by atoms with E-state index >= 15 is 0 Å². The van der Waals surface area contributed by atoms with E-state index < -0.39 is 50.9 Å². The molecule has 2 unspecified atom stereocenters. The molecular weight excluding hydrogens is 462 g/mol. The van der Waals surface area contributed by atoms with Crippen molar-refractivity contribution in [1.82, 2.24) is 0 Å². The fraction of sp³-hybridized carbons (Fsp3) is 0.333. The Morgan fingerprint density at radius 3 is 2.40 bits per heavy atom. The third kappa shape index (κ3) is 4.32. The summed E-state index contributed by atoms with van der Waals surface area (Å²) in [7, 11) is 0. The van der Waals surface area contributed by atoms with Crippen LogP contribution in [0.4, 0.5) is 18.9 Å². The maximum Gasteiger partial charge on any atom is 0.231 e. The van der Waals surface area contributed by atoms with Gasteiger partial charge in [0.05, 0.1) is 22.2 Å².